The molecule has 24 heavy (non-hydrogen) atoms. The third-order valence-corrected chi connectivity index (χ3v) is 3.90. The molecule has 0 unspecified atom stereocenters. The van der Waals surface area contributed by atoms with Crippen molar-refractivity contribution in [1.82, 2.24) is 0 Å². The van der Waals surface area contributed by atoms with Gasteiger partial charge in [-0.1, -0.05) is 13.8 Å². The van der Waals surface area contributed by atoms with Crippen LogP contribution >= 0.6 is 0 Å². The van der Waals surface area contributed by atoms with Crippen molar-refractivity contribution < 1.29 is 22.7 Å². The van der Waals surface area contributed by atoms with E-state index < -0.39 is 11.7 Å². The molecule has 134 valence electrons. The SMILES string of the molecule is CC(C)CCC(=O)Nc1cc(C(F)(F)F)ccc1N1CCOCC1. The maximum Gasteiger partial charge on any atom is 0.416 e. The average Bonchev–Trinajstić information content (AvgIpc) is 2.53. The maximum absolute atomic E-state index is 13.0. The summed E-state index contributed by atoms with van der Waals surface area (Å²) < 4.78 is 44.2. The van der Waals surface area contributed by atoms with Crippen molar-refractivity contribution in [3.63, 3.8) is 0 Å². The van der Waals surface area contributed by atoms with E-state index in [4.69, 9.17) is 4.74 Å². The Bertz CT molecular complexity index is 567. The highest BCUT2D eigenvalue weighted by molar-refractivity contribution is 5.94. The minimum absolute atomic E-state index is 0.209. The molecule has 0 aliphatic carbocycles. The van der Waals surface area contributed by atoms with Crippen LogP contribution in [-0.4, -0.2) is 32.2 Å². The number of alkyl halides is 3. The minimum atomic E-state index is -4.44. The van der Waals surface area contributed by atoms with E-state index in [2.05, 4.69) is 5.32 Å². The summed E-state index contributed by atoms with van der Waals surface area (Å²) in [4.78, 5) is 14.0. The highest BCUT2D eigenvalue weighted by Gasteiger charge is 2.31. The van der Waals surface area contributed by atoms with Crippen LogP contribution in [0.3, 0.4) is 0 Å². The number of rotatable bonds is 5. The van der Waals surface area contributed by atoms with Gasteiger partial charge in [-0.15, -0.1) is 0 Å². The van der Waals surface area contributed by atoms with E-state index in [1.54, 1.807) is 0 Å². The first-order chi connectivity index (χ1) is 11.3. The third kappa shape index (κ3) is 5.12. The van der Waals surface area contributed by atoms with Crippen molar-refractivity contribution in [2.45, 2.75) is 32.9 Å². The van der Waals surface area contributed by atoms with Gasteiger partial charge in [-0.2, -0.15) is 13.2 Å². The first kappa shape index (κ1) is 18.6. The highest BCUT2D eigenvalue weighted by atomic mass is 19.4. The Hall–Kier alpha value is -1.76. The molecule has 0 bridgehead atoms. The summed E-state index contributed by atoms with van der Waals surface area (Å²) in [6, 6.07) is 3.48. The molecule has 1 heterocycles. The van der Waals surface area contributed by atoms with Crippen LogP contribution < -0.4 is 10.2 Å². The van der Waals surface area contributed by atoms with Crippen LogP contribution in [-0.2, 0) is 15.7 Å². The van der Waals surface area contributed by atoms with E-state index in [1.807, 2.05) is 18.7 Å². The Labute approximate surface area is 140 Å². The lowest BCUT2D eigenvalue weighted by Crippen LogP contribution is -2.36. The van der Waals surface area contributed by atoms with Crippen molar-refractivity contribution in [3.05, 3.63) is 23.8 Å². The number of carbonyl (C=O) groups excluding carboxylic acids is 1. The lowest BCUT2D eigenvalue weighted by Gasteiger charge is -2.31. The quantitative estimate of drug-likeness (QED) is 0.880. The molecule has 0 aromatic heterocycles. The van der Waals surface area contributed by atoms with Crippen molar-refractivity contribution in [2.75, 3.05) is 36.5 Å². The minimum Gasteiger partial charge on any atom is -0.378 e. The van der Waals surface area contributed by atoms with Crippen molar-refractivity contribution >= 4 is 17.3 Å². The fourth-order valence-electron chi connectivity index (χ4n) is 2.52. The van der Waals surface area contributed by atoms with Gasteiger partial charge in [-0.25, -0.2) is 0 Å². The monoisotopic (exact) mass is 344 g/mol. The van der Waals surface area contributed by atoms with Gasteiger partial charge in [0.1, 0.15) is 0 Å². The predicted octanol–water partition coefficient (Wildman–Crippen LogP) is 3.92. The number of nitrogens with zero attached hydrogens (tertiary/aromatic N) is 1. The molecular weight excluding hydrogens is 321 g/mol. The Morgan fingerprint density at radius 3 is 2.54 bits per heavy atom. The normalized spacial score (nSPS) is 15.7. The van der Waals surface area contributed by atoms with Gasteiger partial charge < -0.3 is 15.0 Å². The zero-order valence-corrected chi connectivity index (χ0v) is 13.9. The molecule has 1 amide bonds. The molecule has 1 fully saturated rings. The molecule has 0 spiro atoms. The molecule has 1 aromatic rings. The van der Waals surface area contributed by atoms with Crippen LogP contribution in [0.15, 0.2) is 18.2 Å². The van der Waals surface area contributed by atoms with Gasteiger partial charge in [-0.3, -0.25) is 4.79 Å². The van der Waals surface area contributed by atoms with E-state index in [9.17, 15) is 18.0 Å². The van der Waals surface area contributed by atoms with Crippen LogP contribution in [0.5, 0.6) is 0 Å². The molecule has 0 atom stereocenters. The Morgan fingerprint density at radius 2 is 1.96 bits per heavy atom. The zero-order valence-electron chi connectivity index (χ0n) is 13.9. The van der Waals surface area contributed by atoms with Crippen LogP contribution in [0.2, 0.25) is 0 Å². The predicted molar refractivity (Wildman–Crippen MR) is 87.2 cm³/mol. The Kier molecular flexibility index (Phi) is 6.10. The molecular formula is C17H23F3N2O2. The highest BCUT2D eigenvalue weighted by Crippen LogP contribution is 2.35. The number of hydrogen-bond acceptors (Lipinski definition) is 3. The molecule has 7 heteroatoms. The van der Waals surface area contributed by atoms with Crippen LogP contribution in [0.1, 0.15) is 32.3 Å². The van der Waals surface area contributed by atoms with Crippen molar-refractivity contribution in [1.29, 1.82) is 0 Å². The van der Waals surface area contributed by atoms with E-state index in [0.717, 1.165) is 12.1 Å². The molecule has 1 saturated heterocycles. The maximum atomic E-state index is 13.0. The Balaban J connectivity index is 2.24. The summed E-state index contributed by atoms with van der Waals surface area (Å²) >= 11 is 0. The summed E-state index contributed by atoms with van der Waals surface area (Å²) in [7, 11) is 0. The van der Waals surface area contributed by atoms with Crippen LogP contribution in [0.25, 0.3) is 0 Å². The van der Waals surface area contributed by atoms with Gasteiger partial charge in [0.15, 0.2) is 0 Å². The number of halogens is 3. The molecule has 1 N–H and O–H groups in total. The van der Waals surface area contributed by atoms with Gasteiger partial charge >= 0.3 is 6.18 Å². The zero-order chi connectivity index (χ0) is 17.7. The van der Waals surface area contributed by atoms with E-state index in [1.165, 1.54) is 6.07 Å². The largest absolute Gasteiger partial charge is 0.416 e. The summed E-state index contributed by atoms with van der Waals surface area (Å²) in [6.45, 7) is 6.19. The molecule has 1 aliphatic rings. The average molecular weight is 344 g/mol. The second-order valence-corrected chi connectivity index (χ2v) is 6.31. The first-order valence-corrected chi connectivity index (χ1v) is 8.11. The van der Waals surface area contributed by atoms with E-state index >= 15 is 0 Å². The van der Waals surface area contributed by atoms with E-state index in [0.29, 0.717) is 44.3 Å². The van der Waals surface area contributed by atoms with Crippen LogP contribution in [0, 0.1) is 5.92 Å². The number of morpholine rings is 1. The molecule has 1 aromatic carbocycles. The fourth-order valence-corrected chi connectivity index (χ4v) is 2.52. The second-order valence-electron chi connectivity index (χ2n) is 6.31. The standard InChI is InChI=1S/C17H23F3N2O2/c1-12(2)3-6-16(23)21-14-11-13(17(18,19)20)4-5-15(14)22-7-9-24-10-8-22/h4-5,11-12H,3,6-10H2,1-2H3,(H,21,23). The van der Waals surface area contributed by atoms with Gasteiger partial charge in [-0.05, 0) is 30.5 Å². The molecule has 0 saturated carbocycles. The summed E-state index contributed by atoms with van der Waals surface area (Å²) in [6.07, 6.45) is -3.46. The van der Waals surface area contributed by atoms with Crippen molar-refractivity contribution in [2.24, 2.45) is 5.92 Å². The lowest BCUT2D eigenvalue weighted by molar-refractivity contribution is -0.137. The second kappa shape index (κ2) is 7.88. The number of benzene rings is 1. The number of hydrogen-bond donors (Lipinski definition) is 1. The molecule has 0 radical (unpaired) electrons. The molecule has 1 aliphatic heterocycles. The summed E-state index contributed by atoms with van der Waals surface area (Å²) in [5.41, 5.74) is 0.0448. The topological polar surface area (TPSA) is 41.6 Å². The smallest absolute Gasteiger partial charge is 0.378 e. The number of ether oxygens (including phenoxy) is 1. The van der Waals surface area contributed by atoms with Gasteiger partial charge in [0.2, 0.25) is 5.91 Å². The van der Waals surface area contributed by atoms with E-state index in [-0.39, 0.29) is 18.0 Å². The van der Waals surface area contributed by atoms with Gasteiger partial charge in [0, 0.05) is 19.5 Å². The van der Waals surface area contributed by atoms with Crippen LogP contribution in [0.4, 0.5) is 24.5 Å². The number of amides is 1. The first-order valence-electron chi connectivity index (χ1n) is 8.11. The summed E-state index contributed by atoms with van der Waals surface area (Å²) in [5.74, 6) is 0.0912. The summed E-state index contributed by atoms with van der Waals surface area (Å²) in [5, 5.41) is 2.65. The Morgan fingerprint density at radius 1 is 1.29 bits per heavy atom. The lowest BCUT2D eigenvalue weighted by atomic mass is 10.1. The molecule has 4 nitrogen and oxygen atoms in total. The number of nitrogens with one attached hydrogen (secondary N) is 1. The number of anilines is 2. The fraction of sp³-hybridized carbons (Fsp3) is 0.588. The molecule has 2 rings (SSSR count). The third-order valence-electron chi connectivity index (χ3n) is 3.90. The van der Waals surface area contributed by atoms with Crippen molar-refractivity contribution in [3.8, 4) is 0 Å². The van der Waals surface area contributed by atoms with Gasteiger partial charge in [0.05, 0.1) is 30.2 Å². The number of carbonyl (C=O) groups is 1. The van der Waals surface area contributed by atoms with Gasteiger partial charge in [0.25, 0.3) is 0 Å².